The van der Waals surface area contributed by atoms with E-state index in [1.54, 1.807) is 0 Å². The van der Waals surface area contributed by atoms with Crippen LogP contribution < -0.4 is 5.32 Å². The highest BCUT2D eigenvalue weighted by Gasteiger charge is 2.31. The van der Waals surface area contributed by atoms with E-state index in [9.17, 15) is 10.5 Å². The van der Waals surface area contributed by atoms with Gasteiger partial charge < -0.3 is 5.32 Å². The number of nitriles is 2. The van der Waals surface area contributed by atoms with Gasteiger partial charge in [0, 0.05) is 17.7 Å². The number of nitrogens with one attached hydrogen (secondary N) is 1. The zero-order chi connectivity index (χ0) is 15.3. The highest BCUT2D eigenvalue weighted by Crippen LogP contribution is 2.28. The molecular weight excluding hydrogens is 248 g/mol. The summed E-state index contributed by atoms with van der Waals surface area (Å²) in [5.74, 6) is 0.997. The Morgan fingerprint density at radius 2 is 1.85 bits per heavy atom. The topological polar surface area (TPSA) is 72.0 Å². The summed E-state index contributed by atoms with van der Waals surface area (Å²) >= 11 is 0. The van der Waals surface area contributed by atoms with Gasteiger partial charge in [-0.05, 0) is 31.6 Å². The second-order valence-electron chi connectivity index (χ2n) is 6.68. The number of hydrogen-bond acceptors (Lipinski definition) is 4. The van der Waals surface area contributed by atoms with Gasteiger partial charge in [0.25, 0.3) is 0 Å². The van der Waals surface area contributed by atoms with Gasteiger partial charge >= 0.3 is 0 Å². The van der Waals surface area contributed by atoms with Crippen molar-refractivity contribution in [2.24, 2.45) is 16.8 Å². The summed E-state index contributed by atoms with van der Waals surface area (Å²) in [6.07, 6.45) is 2.58. The van der Waals surface area contributed by atoms with Crippen LogP contribution in [-0.4, -0.2) is 11.3 Å². The molecule has 0 amide bonds. The molecule has 0 bridgehead atoms. The number of allylic oxidation sites excluding steroid dienone is 2. The Bertz CT molecular complexity index is 500. The molecule has 0 saturated carbocycles. The van der Waals surface area contributed by atoms with E-state index in [0.29, 0.717) is 17.5 Å². The van der Waals surface area contributed by atoms with E-state index in [4.69, 9.17) is 0 Å². The molecule has 0 radical (unpaired) electrons. The maximum Gasteiger partial charge on any atom is 0.174 e. The van der Waals surface area contributed by atoms with E-state index in [1.165, 1.54) is 0 Å². The van der Waals surface area contributed by atoms with Gasteiger partial charge in [-0.2, -0.15) is 10.5 Å². The van der Waals surface area contributed by atoms with Gasteiger partial charge in [-0.1, -0.05) is 27.7 Å². The van der Waals surface area contributed by atoms with E-state index in [2.05, 4.69) is 51.0 Å². The van der Waals surface area contributed by atoms with Gasteiger partial charge in [0.15, 0.2) is 11.4 Å². The summed E-state index contributed by atoms with van der Waals surface area (Å²) in [4.78, 5) is 4.44. The molecule has 20 heavy (non-hydrogen) atoms. The normalized spacial score (nSPS) is 22.9. The van der Waals surface area contributed by atoms with Crippen LogP contribution in [0.2, 0.25) is 0 Å². The molecule has 0 aromatic heterocycles. The Balaban J connectivity index is 3.20. The lowest BCUT2D eigenvalue weighted by Crippen LogP contribution is -2.43. The fourth-order valence-electron chi connectivity index (χ4n) is 2.88. The minimum absolute atomic E-state index is 0.217. The van der Waals surface area contributed by atoms with Crippen molar-refractivity contribution in [1.82, 2.24) is 5.32 Å². The monoisotopic (exact) mass is 272 g/mol. The van der Waals surface area contributed by atoms with Crippen LogP contribution in [0.1, 0.15) is 53.9 Å². The van der Waals surface area contributed by atoms with Crippen LogP contribution in [0.5, 0.6) is 0 Å². The predicted octanol–water partition coefficient (Wildman–Crippen LogP) is 3.53. The standard InChI is InChI=1S/C16H24N4/c1-11(2)6-13-8-16(5,7-12(3)4)20-15(10-18)14(9-17)19-13/h11-12,20H,6-8H2,1-5H3. The summed E-state index contributed by atoms with van der Waals surface area (Å²) in [7, 11) is 0. The minimum atomic E-state index is -0.217. The summed E-state index contributed by atoms with van der Waals surface area (Å²) in [5.41, 5.74) is 1.31. The third-order valence-corrected chi connectivity index (χ3v) is 3.25. The molecular formula is C16H24N4. The number of rotatable bonds is 4. The highest BCUT2D eigenvalue weighted by molar-refractivity contribution is 5.87. The van der Waals surface area contributed by atoms with Crippen molar-refractivity contribution >= 4 is 5.71 Å². The smallest absolute Gasteiger partial charge is 0.174 e. The summed E-state index contributed by atoms with van der Waals surface area (Å²) < 4.78 is 0. The number of hydrogen-bond donors (Lipinski definition) is 1. The van der Waals surface area contributed by atoms with Crippen molar-refractivity contribution in [3.05, 3.63) is 11.4 Å². The molecule has 1 N–H and O–H groups in total. The van der Waals surface area contributed by atoms with Gasteiger partial charge in [-0.15, -0.1) is 0 Å². The number of aliphatic imine (C=N–C) groups is 1. The molecule has 0 spiro atoms. The first-order valence-corrected chi connectivity index (χ1v) is 7.18. The van der Waals surface area contributed by atoms with E-state index in [0.717, 1.165) is 25.0 Å². The van der Waals surface area contributed by atoms with Crippen LogP contribution in [0, 0.1) is 34.5 Å². The van der Waals surface area contributed by atoms with Gasteiger partial charge in [-0.25, -0.2) is 4.99 Å². The average Bonchev–Trinajstić information content (AvgIpc) is 2.43. The molecule has 1 atom stereocenters. The average molecular weight is 272 g/mol. The van der Waals surface area contributed by atoms with Gasteiger partial charge in [-0.3, -0.25) is 0 Å². The summed E-state index contributed by atoms with van der Waals surface area (Å²) in [6.45, 7) is 10.7. The van der Waals surface area contributed by atoms with Crippen molar-refractivity contribution in [3.63, 3.8) is 0 Å². The first kappa shape index (κ1) is 16.2. The quantitative estimate of drug-likeness (QED) is 0.851. The van der Waals surface area contributed by atoms with Crippen LogP contribution in [-0.2, 0) is 0 Å². The summed E-state index contributed by atoms with van der Waals surface area (Å²) in [5, 5.41) is 21.7. The van der Waals surface area contributed by atoms with Crippen molar-refractivity contribution in [1.29, 1.82) is 10.5 Å². The minimum Gasteiger partial charge on any atom is -0.369 e. The molecule has 0 aromatic carbocycles. The fraction of sp³-hybridized carbons (Fsp3) is 0.688. The van der Waals surface area contributed by atoms with E-state index in [-0.39, 0.29) is 11.2 Å². The van der Waals surface area contributed by atoms with Crippen LogP contribution in [0.4, 0.5) is 0 Å². The molecule has 1 heterocycles. The maximum atomic E-state index is 9.26. The zero-order valence-electron chi connectivity index (χ0n) is 13.1. The largest absolute Gasteiger partial charge is 0.369 e. The van der Waals surface area contributed by atoms with Crippen molar-refractivity contribution in [2.75, 3.05) is 0 Å². The Hall–Kier alpha value is -1.81. The molecule has 0 aliphatic carbocycles. The van der Waals surface area contributed by atoms with Gasteiger partial charge in [0.1, 0.15) is 12.1 Å². The molecule has 0 aromatic rings. The molecule has 108 valence electrons. The van der Waals surface area contributed by atoms with E-state index < -0.39 is 0 Å². The first-order valence-electron chi connectivity index (χ1n) is 7.18. The Kier molecular flexibility index (Phi) is 5.34. The van der Waals surface area contributed by atoms with Crippen LogP contribution >= 0.6 is 0 Å². The molecule has 1 unspecified atom stereocenters. The number of nitrogens with zero attached hydrogens (tertiary/aromatic N) is 3. The molecule has 4 nitrogen and oxygen atoms in total. The third kappa shape index (κ3) is 4.38. The Morgan fingerprint density at radius 1 is 1.20 bits per heavy atom. The highest BCUT2D eigenvalue weighted by atomic mass is 15.0. The maximum absolute atomic E-state index is 9.26. The van der Waals surface area contributed by atoms with Crippen LogP contribution in [0.3, 0.4) is 0 Å². The zero-order valence-corrected chi connectivity index (χ0v) is 13.1. The van der Waals surface area contributed by atoms with E-state index in [1.807, 2.05) is 6.07 Å². The second kappa shape index (κ2) is 6.57. The van der Waals surface area contributed by atoms with Gasteiger partial charge in [0.05, 0.1) is 0 Å². The summed E-state index contributed by atoms with van der Waals surface area (Å²) in [6, 6.07) is 4.13. The second-order valence-corrected chi connectivity index (χ2v) is 6.68. The molecule has 1 aliphatic rings. The predicted molar refractivity (Wildman–Crippen MR) is 80.8 cm³/mol. The van der Waals surface area contributed by atoms with Crippen molar-refractivity contribution in [3.8, 4) is 12.1 Å². The SMILES string of the molecule is CC(C)CC1=NC(C#N)=C(C#N)NC(C)(CC(C)C)C1. The third-order valence-electron chi connectivity index (χ3n) is 3.25. The molecule has 4 heteroatoms. The van der Waals surface area contributed by atoms with Crippen LogP contribution in [0.15, 0.2) is 16.4 Å². The lowest BCUT2D eigenvalue weighted by atomic mass is 9.84. The van der Waals surface area contributed by atoms with Gasteiger partial charge in [0.2, 0.25) is 0 Å². The lowest BCUT2D eigenvalue weighted by molar-refractivity contribution is 0.328. The molecule has 1 aliphatic heterocycles. The van der Waals surface area contributed by atoms with E-state index >= 15 is 0 Å². The van der Waals surface area contributed by atoms with Crippen LogP contribution in [0.25, 0.3) is 0 Å². The Morgan fingerprint density at radius 3 is 2.30 bits per heavy atom. The van der Waals surface area contributed by atoms with Crippen molar-refractivity contribution in [2.45, 2.75) is 59.4 Å². The molecule has 0 fully saturated rings. The lowest BCUT2D eigenvalue weighted by Gasteiger charge is -2.32. The Labute approximate surface area is 122 Å². The molecule has 1 rings (SSSR count). The van der Waals surface area contributed by atoms with Crippen molar-refractivity contribution < 1.29 is 0 Å². The first-order chi connectivity index (χ1) is 9.29. The molecule has 0 saturated heterocycles. The fourth-order valence-corrected chi connectivity index (χ4v) is 2.88.